The lowest BCUT2D eigenvalue weighted by molar-refractivity contribution is -0.161. The molecule has 0 aromatic rings. The number of carbonyl (C=O) groups is 1. The van der Waals surface area contributed by atoms with Crippen LogP contribution in [-0.4, -0.2) is 18.2 Å². The first-order chi connectivity index (χ1) is 12.6. The van der Waals surface area contributed by atoms with E-state index in [1.165, 1.54) is 44.9 Å². The van der Waals surface area contributed by atoms with E-state index in [9.17, 15) is 9.18 Å². The molecule has 2 aliphatic rings. The molecule has 3 atom stereocenters. The Morgan fingerprint density at radius 3 is 2.38 bits per heavy atom. The Hall–Kier alpha value is -1.11. The average Bonchev–Trinajstić information content (AvgIpc) is 2.66. The number of ether oxygens (including phenoxy) is 1. The predicted octanol–water partition coefficient (Wildman–Crippen LogP) is 6.12. The SMILES string of the molecule is CCCCCCCCC1CCC(C(=O)OC2CCC(C#N)CC2F)CC1. The molecular weight excluding hydrogens is 329 g/mol. The van der Waals surface area contributed by atoms with Crippen LogP contribution in [0, 0.1) is 29.1 Å². The Labute approximate surface area is 158 Å². The Balaban J connectivity index is 1.60. The van der Waals surface area contributed by atoms with E-state index in [1.807, 2.05) is 0 Å². The minimum Gasteiger partial charge on any atom is -0.459 e. The number of nitriles is 1. The standard InChI is InChI=1S/C22H36FNO2/c1-2-3-4-5-6-7-8-17-9-12-19(13-10-17)22(25)26-21-14-11-18(16-24)15-20(21)23/h17-21H,2-15H2,1H3. The van der Waals surface area contributed by atoms with E-state index >= 15 is 0 Å². The first-order valence-corrected chi connectivity index (χ1v) is 10.9. The third-order valence-corrected chi connectivity index (χ3v) is 6.31. The lowest BCUT2D eigenvalue weighted by atomic mass is 9.79. The first kappa shape index (κ1) is 21.2. The number of halogens is 1. The second-order valence-electron chi connectivity index (χ2n) is 8.40. The fraction of sp³-hybridized carbons (Fsp3) is 0.909. The molecule has 0 saturated heterocycles. The minimum absolute atomic E-state index is 0.0447. The van der Waals surface area contributed by atoms with Gasteiger partial charge in [0.15, 0.2) is 0 Å². The second-order valence-corrected chi connectivity index (χ2v) is 8.40. The van der Waals surface area contributed by atoms with E-state index in [1.54, 1.807) is 0 Å². The number of alkyl halides is 1. The molecule has 0 spiro atoms. The van der Waals surface area contributed by atoms with Gasteiger partial charge in [0, 0.05) is 5.92 Å². The first-order valence-electron chi connectivity index (χ1n) is 10.9. The second kappa shape index (κ2) is 11.6. The van der Waals surface area contributed by atoms with Gasteiger partial charge in [0.05, 0.1) is 12.0 Å². The normalized spacial score (nSPS) is 32.0. The van der Waals surface area contributed by atoms with E-state index in [2.05, 4.69) is 13.0 Å². The Morgan fingerprint density at radius 1 is 1.04 bits per heavy atom. The van der Waals surface area contributed by atoms with Crippen LogP contribution in [0.25, 0.3) is 0 Å². The molecule has 2 aliphatic carbocycles. The van der Waals surface area contributed by atoms with Crippen molar-refractivity contribution >= 4 is 5.97 Å². The van der Waals surface area contributed by atoms with Crippen molar-refractivity contribution in [3.8, 4) is 6.07 Å². The maximum absolute atomic E-state index is 14.1. The highest BCUT2D eigenvalue weighted by Gasteiger charge is 2.35. The maximum atomic E-state index is 14.1. The highest BCUT2D eigenvalue weighted by atomic mass is 19.1. The smallest absolute Gasteiger partial charge is 0.309 e. The summed E-state index contributed by atoms with van der Waals surface area (Å²) in [5, 5.41) is 8.90. The number of hydrogen-bond acceptors (Lipinski definition) is 3. The van der Waals surface area contributed by atoms with Gasteiger partial charge in [-0.3, -0.25) is 4.79 Å². The zero-order chi connectivity index (χ0) is 18.8. The van der Waals surface area contributed by atoms with E-state index in [0.29, 0.717) is 12.8 Å². The Morgan fingerprint density at radius 2 is 1.73 bits per heavy atom. The molecule has 0 aromatic heterocycles. The number of rotatable bonds is 9. The fourth-order valence-electron chi connectivity index (χ4n) is 4.48. The van der Waals surface area contributed by atoms with Gasteiger partial charge in [0.1, 0.15) is 12.3 Å². The van der Waals surface area contributed by atoms with Crippen LogP contribution in [0.15, 0.2) is 0 Å². The van der Waals surface area contributed by atoms with Crippen molar-refractivity contribution in [3.05, 3.63) is 0 Å². The van der Waals surface area contributed by atoms with Gasteiger partial charge in [0.2, 0.25) is 0 Å². The summed E-state index contributed by atoms with van der Waals surface area (Å²) in [6, 6.07) is 2.13. The monoisotopic (exact) mass is 365 g/mol. The summed E-state index contributed by atoms with van der Waals surface area (Å²) >= 11 is 0. The molecule has 0 amide bonds. The van der Waals surface area contributed by atoms with Crippen LogP contribution in [0.5, 0.6) is 0 Å². The molecule has 2 saturated carbocycles. The quantitative estimate of drug-likeness (QED) is 0.365. The molecule has 0 aromatic carbocycles. The zero-order valence-electron chi connectivity index (χ0n) is 16.4. The van der Waals surface area contributed by atoms with Crippen molar-refractivity contribution in [3.63, 3.8) is 0 Å². The van der Waals surface area contributed by atoms with Gasteiger partial charge < -0.3 is 4.74 Å². The van der Waals surface area contributed by atoms with Crippen LogP contribution in [0.1, 0.15) is 96.8 Å². The summed E-state index contributed by atoms with van der Waals surface area (Å²) in [7, 11) is 0. The highest BCUT2D eigenvalue weighted by Crippen LogP contribution is 2.34. The number of esters is 1. The largest absolute Gasteiger partial charge is 0.459 e. The molecule has 148 valence electrons. The van der Waals surface area contributed by atoms with Gasteiger partial charge in [-0.2, -0.15) is 5.26 Å². The van der Waals surface area contributed by atoms with Gasteiger partial charge >= 0.3 is 5.97 Å². The summed E-state index contributed by atoms with van der Waals surface area (Å²) < 4.78 is 19.6. The van der Waals surface area contributed by atoms with E-state index in [-0.39, 0.29) is 24.2 Å². The van der Waals surface area contributed by atoms with Crippen molar-refractivity contribution in [1.29, 1.82) is 5.26 Å². The Bertz CT molecular complexity index is 454. The molecule has 0 N–H and O–H groups in total. The van der Waals surface area contributed by atoms with Crippen LogP contribution < -0.4 is 0 Å². The molecule has 0 heterocycles. The number of carbonyl (C=O) groups excluding carboxylic acids is 1. The summed E-state index contributed by atoms with van der Waals surface area (Å²) in [5.74, 6) is 0.283. The highest BCUT2D eigenvalue weighted by molar-refractivity contribution is 5.72. The molecule has 0 aliphatic heterocycles. The van der Waals surface area contributed by atoms with Crippen molar-refractivity contribution in [2.75, 3.05) is 0 Å². The van der Waals surface area contributed by atoms with E-state index in [4.69, 9.17) is 10.00 Å². The van der Waals surface area contributed by atoms with Crippen molar-refractivity contribution in [2.24, 2.45) is 17.8 Å². The lowest BCUT2D eigenvalue weighted by Crippen LogP contribution is -2.36. The third kappa shape index (κ3) is 6.89. The topological polar surface area (TPSA) is 50.1 Å². The van der Waals surface area contributed by atoms with Gasteiger partial charge in [-0.25, -0.2) is 4.39 Å². The van der Waals surface area contributed by atoms with E-state index < -0.39 is 12.3 Å². The van der Waals surface area contributed by atoms with Gasteiger partial charge in [-0.1, -0.05) is 51.9 Å². The summed E-state index contributed by atoms with van der Waals surface area (Å²) in [6.07, 6.45) is 12.8. The maximum Gasteiger partial charge on any atom is 0.309 e. The van der Waals surface area contributed by atoms with Gasteiger partial charge in [-0.05, 0) is 50.9 Å². The molecule has 3 unspecified atom stereocenters. The number of hydrogen-bond donors (Lipinski definition) is 0. The summed E-state index contributed by atoms with van der Waals surface area (Å²) in [6.45, 7) is 2.24. The minimum atomic E-state index is -1.18. The van der Waals surface area contributed by atoms with Crippen molar-refractivity contribution < 1.29 is 13.9 Å². The van der Waals surface area contributed by atoms with Crippen LogP contribution >= 0.6 is 0 Å². The molecule has 0 bridgehead atoms. The van der Waals surface area contributed by atoms with Crippen LogP contribution in [-0.2, 0) is 9.53 Å². The van der Waals surface area contributed by atoms with Gasteiger partial charge in [0.25, 0.3) is 0 Å². The molecule has 3 nitrogen and oxygen atoms in total. The predicted molar refractivity (Wildman–Crippen MR) is 101 cm³/mol. The Kier molecular flexibility index (Phi) is 9.43. The number of unbranched alkanes of at least 4 members (excludes halogenated alkanes) is 5. The van der Waals surface area contributed by atoms with E-state index in [0.717, 1.165) is 31.6 Å². The fourth-order valence-corrected chi connectivity index (χ4v) is 4.48. The lowest BCUT2D eigenvalue weighted by Gasteiger charge is -2.32. The molecule has 0 radical (unpaired) electrons. The molecule has 2 rings (SSSR count). The van der Waals surface area contributed by atoms with Crippen LogP contribution in [0.2, 0.25) is 0 Å². The summed E-state index contributed by atoms with van der Waals surface area (Å²) in [4.78, 5) is 12.4. The molecule has 26 heavy (non-hydrogen) atoms. The molecule has 4 heteroatoms. The number of nitrogens with zero attached hydrogens (tertiary/aromatic N) is 1. The molecule has 2 fully saturated rings. The summed E-state index contributed by atoms with van der Waals surface area (Å²) in [5.41, 5.74) is 0. The van der Waals surface area contributed by atoms with Crippen LogP contribution in [0.3, 0.4) is 0 Å². The third-order valence-electron chi connectivity index (χ3n) is 6.31. The van der Waals surface area contributed by atoms with Crippen LogP contribution in [0.4, 0.5) is 4.39 Å². The van der Waals surface area contributed by atoms with Crippen molar-refractivity contribution in [2.45, 2.75) is 109 Å². The van der Waals surface area contributed by atoms with Gasteiger partial charge in [-0.15, -0.1) is 0 Å². The average molecular weight is 366 g/mol. The molecular formula is C22H36FNO2. The van der Waals surface area contributed by atoms with Crippen molar-refractivity contribution in [1.82, 2.24) is 0 Å². The zero-order valence-corrected chi connectivity index (χ0v) is 16.4.